The molecule has 2 rings (SSSR count). The van der Waals surface area contributed by atoms with Crippen LogP contribution in [-0.4, -0.2) is 9.97 Å². The van der Waals surface area contributed by atoms with Crippen LogP contribution in [0.25, 0.3) is 11.3 Å². The number of benzene rings is 1. The van der Waals surface area contributed by atoms with Gasteiger partial charge in [-0.15, -0.1) is 0 Å². The molecule has 0 fully saturated rings. The number of aryl methyl sites for hydroxylation is 1. The van der Waals surface area contributed by atoms with Gasteiger partial charge in [0.15, 0.2) is 0 Å². The van der Waals surface area contributed by atoms with Crippen molar-refractivity contribution in [2.24, 2.45) is 0 Å². The fourth-order valence-corrected chi connectivity index (χ4v) is 1.96. The number of hydrogen-bond acceptors (Lipinski definition) is 2. The zero-order chi connectivity index (χ0) is 11.7. The van der Waals surface area contributed by atoms with E-state index < -0.39 is 0 Å². The van der Waals surface area contributed by atoms with Crippen LogP contribution in [0.15, 0.2) is 28.7 Å². The maximum Gasteiger partial charge on any atom is 0.223 e. The Labute approximate surface area is 106 Å². The molecule has 0 atom stereocenters. The van der Waals surface area contributed by atoms with Crippen LogP contribution in [0.1, 0.15) is 5.69 Å². The lowest BCUT2D eigenvalue weighted by molar-refractivity contribution is 0.624. The van der Waals surface area contributed by atoms with Crippen LogP contribution in [0.3, 0.4) is 0 Å². The molecule has 0 aliphatic rings. The molecule has 1 aromatic carbocycles. The highest BCUT2D eigenvalue weighted by Crippen LogP contribution is 2.27. The topological polar surface area (TPSA) is 25.8 Å². The molecular weight excluding hydrogens is 294 g/mol. The molecule has 0 saturated heterocycles. The standard InChI is InChI=1S/C11H7BrClFN2/c1-6-5-9(16-11(13)15-6)7-3-2-4-8(12)10(7)14/h2-5H,1H3. The van der Waals surface area contributed by atoms with Gasteiger partial charge < -0.3 is 0 Å². The first kappa shape index (κ1) is 11.5. The molecule has 2 aromatic rings. The van der Waals surface area contributed by atoms with Crippen LogP contribution in [0.5, 0.6) is 0 Å². The maximum absolute atomic E-state index is 13.8. The smallest absolute Gasteiger partial charge is 0.223 e. The summed E-state index contributed by atoms with van der Waals surface area (Å²) in [6, 6.07) is 6.72. The maximum atomic E-state index is 13.8. The van der Waals surface area contributed by atoms with E-state index in [1.165, 1.54) is 0 Å². The molecule has 0 aliphatic heterocycles. The summed E-state index contributed by atoms with van der Waals surface area (Å²) in [5.74, 6) is -0.350. The van der Waals surface area contributed by atoms with Crippen LogP contribution in [-0.2, 0) is 0 Å². The third-order valence-corrected chi connectivity index (χ3v) is 2.84. The van der Waals surface area contributed by atoms with E-state index in [1.54, 1.807) is 31.2 Å². The minimum Gasteiger partial charge on any atom is -0.223 e. The summed E-state index contributed by atoms with van der Waals surface area (Å²) in [5, 5.41) is 0.120. The van der Waals surface area contributed by atoms with Gasteiger partial charge in [0.05, 0.1) is 10.2 Å². The lowest BCUT2D eigenvalue weighted by atomic mass is 10.1. The Balaban J connectivity index is 2.63. The van der Waals surface area contributed by atoms with Gasteiger partial charge in [0.25, 0.3) is 0 Å². The van der Waals surface area contributed by atoms with E-state index in [0.29, 0.717) is 21.4 Å². The van der Waals surface area contributed by atoms with E-state index in [2.05, 4.69) is 25.9 Å². The summed E-state index contributed by atoms with van der Waals surface area (Å²) < 4.78 is 14.2. The molecule has 1 aromatic heterocycles. The first-order valence-electron chi connectivity index (χ1n) is 4.53. The van der Waals surface area contributed by atoms with Crippen molar-refractivity contribution in [1.82, 2.24) is 9.97 Å². The molecule has 0 radical (unpaired) electrons. The van der Waals surface area contributed by atoms with Crippen molar-refractivity contribution in [3.05, 3.63) is 45.5 Å². The summed E-state index contributed by atoms with van der Waals surface area (Å²) in [4.78, 5) is 7.93. The summed E-state index contributed by atoms with van der Waals surface area (Å²) in [7, 11) is 0. The van der Waals surface area contributed by atoms with E-state index in [1.807, 2.05) is 0 Å². The van der Waals surface area contributed by atoms with Crippen LogP contribution >= 0.6 is 27.5 Å². The van der Waals surface area contributed by atoms with Gasteiger partial charge in [-0.05, 0) is 52.7 Å². The Morgan fingerprint density at radius 3 is 2.75 bits per heavy atom. The van der Waals surface area contributed by atoms with Gasteiger partial charge >= 0.3 is 0 Å². The summed E-state index contributed by atoms with van der Waals surface area (Å²) in [6.45, 7) is 1.78. The van der Waals surface area contributed by atoms with Crippen LogP contribution in [0.4, 0.5) is 4.39 Å². The van der Waals surface area contributed by atoms with E-state index in [0.717, 1.165) is 0 Å². The summed E-state index contributed by atoms with van der Waals surface area (Å²) in [5.41, 5.74) is 1.59. The Bertz CT molecular complexity index is 525. The predicted octanol–water partition coefficient (Wildman–Crippen LogP) is 4.01. The molecule has 82 valence electrons. The molecule has 0 amide bonds. The van der Waals surface area contributed by atoms with Gasteiger partial charge in [-0.3, -0.25) is 0 Å². The lowest BCUT2D eigenvalue weighted by Crippen LogP contribution is -1.93. The van der Waals surface area contributed by atoms with Crippen molar-refractivity contribution in [2.75, 3.05) is 0 Å². The number of halogens is 3. The molecular formula is C11H7BrClFN2. The summed E-state index contributed by atoms with van der Waals surface area (Å²) >= 11 is 8.86. The normalized spacial score (nSPS) is 10.5. The largest absolute Gasteiger partial charge is 0.223 e. The van der Waals surface area contributed by atoms with Gasteiger partial charge in [0.1, 0.15) is 5.82 Å². The number of aromatic nitrogens is 2. The Morgan fingerprint density at radius 1 is 1.31 bits per heavy atom. The van der Waals surface area contributed by atoms with E-state index in [-0.39, 0.29) is 11.1 Å². The van der Waals surface area contributed by atoms with Gasteiger partial charge in [-0.25, -0.2) is 14.4 Å². The second-order valence-corrected chi connectivity index (χ2v) is 4.46. The fourth-order valence-electron chi connectivity index (χ4n) is 1.37. The quantitative estimate of drug-likeness (QED) is 0.744. The van der Waals surface area contributed by atoms with E-state index in [4.69, 9.17) is 11.6 Å². The fraction of sp³-hybridized carbons (Fsp3) is 0.0909. The van der Waals surface area contributed by atoms with Gasteiger partial charge in [-0.1, -0.05) is 6.07 Å². The monoisotopic (exact) mass is 300 g/mol. The SMILES string of the molecule is Cc1cc(-c2cccc(Br)c2F)nc(Cl)n1. The predicted molar refractivity (Wildman–Crippen MR) is 64.9 cm³/mol. The molecule has 1 heterocycles. The number of hydrogen-bond donors (Lipinski definition) is 0. The highest BCUT2D eigenvalue weighted by molar-refractivity contribution is 9.10. The Kier molecular flexibility index (Phi) is 3.21. The Hall–Kier alpha value is -1.000. The van der Waals surface area contributed by atoms with E-state index in [9.17, 15) is 4.39 Å². The van der Waals surface area contributed by atoms with Crippen LogP contribution in [0.2, 0.25) is 5.28 Å². The molecule has 0 spiro atoms. The molecule has 5 heteroatoms. The second-order valence-electron chi connectivity index (χ2n) is 3.26. The van der Waals surface area contributed by atoms with Crippen molar-refractivity contribution < 1.29 is 4.39 Å². The Morgan fingerprint density at radius 2 is 2.06 bits per heavy atom. The van der Waals surface area contributed by atoms with Crippen molar-refractivity contribution in [3.63, 3.8) is 0 Å². The average Bonchev–Trinajstić information content (AvgIpc) is 2.20. The third kappa shape index (κ3) is 2.23. The molecule has 0 aliphatic carbocycles. The average molecular weight is 302 g/mol. The van der Waals surface area contributed by atoms with Crippen LogP contribution < -0.4 is 0 Å². The number of rotatable bonds is 1. The zero-order valence-electron chi connectivity index (χ0n) is 8.34. The lowest BCUT2D eigenvalue weighted by Gasteiger charge is -2.05. The first-order chi connectivity index (χ1) is 7.58. The van der Waals surface area contributed by atoms with Crippen LogP contribution in [0, 0.1) is 12.7 Å². The van der Waals surface area contributed by atoms with Crippen molar-refractivity contribution >= 4 is 27.5 Å². The van der Waals surface area contributed by atoms with Gasteiger partial charge in [0, 0.05) is 11.3 Å². The minimum atomic E-state index is -0.350. The molecule has 0 saturated carbocycles. The van der Waals surface area contributed by atoms with Crippen molar-refractivity contribution in [1.29, 1.82) is 0 Å². The van der Waals surface area contributed by atoms with Gasteiger partial charge in [0.2, 0.25) is 5.28 Å². The molecule has 0 N–H and O–H groups in total. The van der Waals surface area contributed by atoms with E-state index >= 15 is 0 Å². The summed E-state index contributed by atoms with van der Waals surface area (Å²) in [6.07, 6.45) is 0. The minimum absolute atomic E-state index is 0.120. The highest BCUT2D eigenvalue weighted by Gasteiger charge is 2.10. The van der Waals surface area contributed by atoms with Crippen molar-refractivity contribution in [3.8, 4) is 11.3 Å². The zero-order valence-corrected chi connectivity index (χ0v) is 10.7. The highest BCUT2D eigenvalue weighted by atomic mass is 79.9. The first-order valence-corrected chi connectivity index (χ1v) is 5.70. The molecule has 2 nitrogen and oxygen atoms in total. The van der Waals surface area contributed by atoms with Crippen molar-refractivity contribution in [2.45, 2.75) is 6.92 Å². The molecule has 0 unspecified atom stereocenters. The number of nitrogens with zero attached hydrogens (tertiary/aromatic N) is 2. The molecule has 0 bridgehead atoms. The third-order valence-electron chi connectivity index (χ3n) is 2.05. The second kappa shape index (κ2) is 4.47. The van der Waals surface area contributed by atoms with Gasteiger partial charge in [-0.2, -0.15) is 0 Å². The molecule has 16 heavy (non-hydrogen) atoms.